The van der Waals surface area contributed by atoms with Crippen molar-refractivity contribution in [2.75, 3.05) is 0 Å². The Hall–Kier alpha value is -5.63. The summed E-state index contributed by atoms with van der Waals surface area (Å²) in [4.78, 5) is 0. The van der Waals surface area contributed by atoms with Crippen molar-refractivity contribution < 1.29 is 48.6 Å². The Kier molecular flexibility index (Phi) is 9.72. The molecule has 8 aromatic carbocycles. The summed E-state index contributed by atoms with van der Waals surface area (Å²) in [7, 11) is -8.27. The van der Waals surface area contributed by atoms with Crippen LogP contribution in [0.15, 0.2) is 158 Å². The van der Waals surface area contributed by atoms with Crippen LogP contribution in [0.25, 0.3) is 32.3 Å². The van der Waals surface area contributed by atoms with E-state index in [1.165, 1.54) is 12.1 Å². The van der Waals surface area contributed by atoms with Gasteiger partial charge in [0.25, 0.3) is 0 Å². The minimum Gasteiger partial charge on any atom is -0.309 e. The number of halogens is 9. The molecule has 0 aliphatic carbocycles. The number of aryl methyl sites for hydroxylation is 1. The van der Waals surface area contributed by atoms with E-state index in [1.54, 1.807) is 84.9 Å². The van der Waals surface area contributed by atoms with Crippen LogP contribution in [-0.2, 0) is 27.7 Å². The highest BCUT2D eigenvalue weighted by Crippen LogP contribution is 2.50. The molecule has 0 aliphatic heterocycles. The molecule has 13 heteroatoms. The Morgan fingerprint density at radius 3 is 0.864 bits per heavy atom. The van der Waals surface area contributed by atoms with Crippen molar-refractivity contribution in [3.05, 3.63) is 180 Å². The molecule has 0 aromatic heterocycles. The quantitative estimate of drug-likeness (QED) is 0.0949. The predicted molar refractivity (Wildman–Crippen MR) is 217 cm³/mol. The zero-order chi connectivity index (χ0) is 42.1. The SMILES string of the molecule is Cc1ccc(P(=O)(c2ccc(C(F)(F)F)cc2)c2cc3c4ccccc4c(P(=O)(c4ccc(C(F)(F)F)cc4)c4ccc(C(F)(F)F)cc4)cc3c3ccccc23)cc1. The van der Waals surface area contributed by atoms with E-state index in [4.69, 9.17) is 0 Å². The molecular formula is C46H29F9O2P2. The Bertz CT molecular complexity index is 2930. The van der Waals surface area contributed by atoms with E-state index < -0.39 is 49.5 Å². The van der Waals surface area contributed by atoms with Gasteiger partial charge in [-0.15, -0.1) is 0 Å². The lowest BCUT2D eigenvalue weighted by molar-refractivity contribution is -0.138. The highest BCUT2D eigenvalue weighted by molar-refractivity contribution is 7.86. The summed E-state index contributed by atoms with van der Waals surface area (Å²) in [6.45, 7) is 1.84. The van der Waals surface area contributed by atoms with Gasteiger partial charge in [0.05, 0.1) is 16.7 Å². The fourth-order valence-electron chi connectivity index (χ4n) is 7.62. The fourth-order valence-corrected chi connectivity index (χ4v) is 13.3. The normalized spacial score (nSPS) is 13.9. The van der Waals surface area contributed by atoms with E-state index in [0.717, 1.165) is 66.2 Å². The molecule has 0 spiro atoms. The molecule has 0 N–H and O–H groups in total. The number of benzene rings is 8. The zero-order valence-electron chi connectivity index (χ0n) is 30.6. The summed E-state index contributed by atoms with van der Waals surface area (Å²) in [5.74, 6) is 0. The van der Waals surface area contributed by atoms with Gasteiger partial charge in [0.2, 0.25) is 0 Å². The van der Waals surface area contributed by atoms with Crippen LogP contribution < -0.4 is 31.8 Å². The van der Waals surface area contributed by atoms with Crippen LogP contribution in [0.1, 0.15) is 22.3 Å². The van der Waals surface area contributed by atoms with Gasteiger partial charge in [0.15, 0.2) is 14.3 Å². The third kappa shape index (κ3) is 6.94. The van der Waals surface area contributed by atoms with Gasteiger partial charge >= 0.3 is 18.5 Å². The largest absolute Gasteiger partial charge is 0.416 e. The summed E-state index contributed by atoms with van der Waals surface area (Å²) >= 11 is 0. The molecular weight excluding hydrogens is 817 g/mol. The lowest BCUT2D eigenvalue weighted by Crippen LogP contribution is -2.27. The average molecular weight is 847 g/mol. The molecule has 0 saturated heterocycles. The van der Waals surface area contributed by atoms with Crippen molar-refractivity contribution in [1.82, 2.24) is 0 Å². The van der Waals surface area contributed by atoms with Gasteiger partial charge < -0.3 is 9.13 Å². The molecule has 2 nitrogen and oxygen atoms in total. The van der Waals surface area contributed by atoms with E-state index in [1.807, 2.05) is 6.92 Å². The first-order valence-corrected chi connectivity index (χ1v) is 21.4. The van der Waals surface area contributed by atoms with E-state index >= 15 is 9.13 Å². The zero-order valence-corrected chi connectivity index (χ0v) is 32.4. The number of alkyl halides is 9. The molecule has 0 heterocycles. The molecule has 0 bridgehead atoms. The summed E-state index contributed by atoms with van der Waals surface area (Å²) in [5.41, 5.74) is -2.06. The second kappa shape index (κ2) is 14.3. The third-order valence-corrected chi connectivity index (χ3v) is 16.8. The lowest BCUT2D eigenvalue weighted by Gasteiger charge is -2.26. The van der Waals surface area contributed by atoms with Crippen LogP contribution in [0.5, 0.6) is 0 Å². The maximum atomic E-state index is 16.0. The molecule has 1 unspecified atom stereocenters. The number of fused-ring (bicyclic) bond motifs is 5. The van der Waals surface area contributed by atoms with Crippen LogP contribution >= 0.6 is 14.3 Å². The first-order chi connectivity index (χ1) is 27.8. The average Bonchev–Trinajstić information content (AvgIpc) is 3.22. The molecule has 298 valence electrons. The number of rotatable bonds is 6. The minimum absolute atomic E-state index is 0.0538. The maximum absolute atomic E-state index is 16.0. The van der Waals surface area contributed by atoms with Gasteiger partial charge in [-0.05, 0) is 87.8 Å². The van der Waals surface area contributed by atoms with Gasteiger partial charge in [0.1, 0.15) is 0 Å². The van der Waals surface area contributed by atoms with Crippen molar-refractivity contribution in [1.29, 1.82) is 0 Å². The van der Waals surface area contributed by atoms with Crippen molar-refractivity contribution in [2.45, 2.75) is 25.5 Å². The van der Waals surface area contributed by atoms with Crippen LogP contribution in [0, 0.1) is 6.92 Å². The van der Waals surface area contributed by atoms with Crippen LogP contribution in [-0.4, -0.2) is 0 Å². The van der Waals surface area contributed by atoms with Gasteiger partial charge in [-0.2, -0.15) is 39.5 Å². The minimum atomic E-state index is -4.72. The number of hydrogen-bond acceptors (Lipinski definition) is 2. The predicted octanol–water partition coefficient (Wildman–Crippen LogP) is 11.8. The third-order valence-electron chi connectivity index (χ3n) is 10.6. The smallest absolute Gasteiger partial charge is 0.309 e. The maximum Gasteiger partial charge on any atom is 0.416 e. The molecule has 0 aliphatic rings. The lowest BCUT2D eigenvalue weighted by atomic mass is 9.97. The van der Waals surface area contributed by atoms with Crippen LogP contribution in [0.4, 0.5) is 39.5 Å². The summed E-state index contributed by atoms with van der Waals surface area (Å²) in [6, 6.07) is 35.5. The van der Waals surface area contributed by atoms with Gasteiger partial charge in [-0.3, -0.25) is 0 Å². The summed E-state index contributed by atoms with van der Waals surface area (Å²) < 4.78 is 155. The molecule has 59 heavy (non-hydrogen) atoms. The monoisotopic (exact) mass is 846 g/mol. The Morgan fingerprint density at radius 1 is 0.339 bits per heavy atom. The van der Waals surface area contributed by atoms with E-state index in [2.05, 4.69) is 0 Å². The molecule has 0 fully saturated rings. The first kappa shape index (κ1) is 40.2. The standard InChI is InChI=1S/C46H29F9O2P2/c1-28-10-18-32(19-11-28)58(56,33-20-12-29(13-21-33)44(47,48)49)42-26-40-37-7-3-5-9-39(37)43(27-41(40)36-6-2-4-8-38(36)42)59(57,34-22-14-30(15-23-34)45(50,51)52)35-24-16-31(17-25-35)46(53,54)55/h2-27H,1H3. The van der Waals surface area contributed by atoms with Crippen molar-refractivity contribution >= 4 is 78.4 Å². The van der Waals surface area contributed by atoms with Crippen molar-refractivity contribution in [3.8, 4) is 0 Å². The Balaban J connectivity index is 1.47. The Morgan fingerprint density at radius 2 is 0.593 bits per heavy atom. The first-order valence-electron chi connectivity index (χ1n) is 18.0. The van der Waals surface area contributed by atoms with E-state index in [0.29, 0.717) is 42.9 Å². The van der Waals surface area contributed by atoms with Crippen molar-refractivity contribution in [2.24, 2.45) is 0 Å². The molecule has 0 radical (unpaired) electrons. The highest BCUT2D eigenvalue weighted by Gasteiger charge is 2.38. The summed E-state index contributed by atoms with van der Waals surface area (Å²) in [6.07, 6.45) is -14.1. The fraction of sp³-hybridized carbons (Fsp3) is 0.0870. The second-order valence-electron chi connectivity index (χ2n) is 14.2. The van der Waals surface area contributed by atoms with Crippen LogP contribution in [0.3, 0.4) is 0 Å². The highest BCUT2D eigenvalue weighted by atomic mass is 31.2. The van der Waals surface area contributed by atoms with Crippen molar-refractivity contribution in [3.63, 3.8) is 0 Å². The number of hydrogen-bond donors (Lipinski definition) is 0. The molecule has 8 rings (SSSR count). The Labute approximate surface area is 331 Å². The van der Waals surface area contributed by atoms with Gasteiger partial charge in [-0.25, -0.2) is 0 Å². The topological polar surface area (TPSA) is 34.1 Å². The van der Waals surface area contributed by atoms with Gasteiger partial charge in [0, 0.05) is 31.8 Å². The van der Waals surface area contributed by atoms with E-state index in [9.17, 15) is 39.5 Å². The van der Waals surface area contributed by atoms with Crippen LogP contribution in [0.2, 0.25) is 0 Å². The van der Waals surface area contributed by atoms with Gasteiger partial charge in [-0.1, -0.05) is 115 Å². The van der Waals surface area contributed by atoms with E-state index in [-0.39, 0.29) is 21.2 Å². The molecule has 1 atom stereocenters. The molecule has 8 aromatic rings. The summed E-state index contributed by atoms with van der Waals surface area (Å²) in [5, 5.41) is 3.68. The molecule has 0 amide bonds. The second-order valence-corrected chi connectivity index (χ2v) is 19.6. The molecule has 0 saturated carbocycles.